The molecule has 0 radical (unpaired) electrons. The van der Waals surface area contributed by atoms with Crippen LogP contribution in [0, 0.1) is 0 Å². The Bertz CT molecular complexity index is 387. The summed E-state index contributed by atoms with van der Waals surface area (Å²) in [7, 11) is 0. The maximum atomic E-state index is 10.8. The van der Waals surface area contributed by atoms with Gasteiger partial charge in [0.15, 0.2) is 0 Å². The first-order chi connectivity index (χ1) is 6.29. The molecule has 0 bridgehead atoms. The maximum Gasteiger partial charge on any atom is 0.337 e. The van der Waals surface area contributed by atoms with Gasteiger partial charge < -0.3 is 9.83 Å². The highest BCUT2D eigenvalue weighted by Gasteiger charge is 2.17. The topological polar surface area (TPSA) is 49.3 Å². The van der Waals surface area contributed by atoms with E-state index in [0.717, 1.165) is 10.5 Å². The SMILES string of the molecule is O=C(O)C1=CNSc2ccccc21. The van der Waals surface area contributed by atoms with Crippen LogP contribution in [0.4, 0.5) is 0 Å². The van der Waals surface area contributed by atoms with Crippen molar-refractivity contribution in [3.63, 3.8) is 0 Å². The summed E-state index contributed by atoms with van der Waals surface area (Å²) in [6.45, 7) is 0. The summed E-state index contributed by atoms with van der Waals surface area (Å²) >= 11 is 1.42. The molecule has 66 valence electrons. The summed E-state index contributed by atoms with van der Waals surface area (Å²) in [6.07, 6.45) is 1.51. The first-order valence-electron chi connectivity index (χ1n) is 3.74. The van der Waals surface area contributed by atoms with Crippen LogP contribution in [0.25, 0.3) is 5.57 Å². The second-order valence-electron chi connectivity index (χ2n) is 2.58. The summed E-state index contributed by atoms with van der Waals surface area (Å²) in [5, 5.41) is 8.87. The number of carboxylic acid groups (broad SMARTS) is 1. The molecule has 0 aromatic heterocycles. The number of carboxylic acids is 1. The highest BCUT2D eigenvalue weighted by Crippen LogP contribution is 2.30. The number of benzene rings is 1. The quantitative estimate of drug-likeness (QED) is 0.667. The molecule has 1 aliphatic heterocycles. The molecule has 1 heterocycles. The molecule has 1 aliphatic rings. The lowest BCUT2D eigenvalue weighted by atomic mass is 10.1. The number of rotatable bonds is 1. The predicted octanol–water partition coefficient (Wildman–Crippen LogP) is 1.72. The fourth-order valence-electron chi connectivity index (χ4n) is 1.18. The van der Waals surface area contributed by atoms with Gasteiger partial charge in [0.2, 0.25) is 0 Å². The van der Waals surface area contributed by atoms with Gasteiger partial charge >= 0.3 is 5.97 Å². The number of carbonyl (C=O) groups is 1. The van der Waals surface area contributed by atoms with Gasteiger partial charge in [-0.25, -0.2) is 4.79 Å². The van der Waals surface area contributed by atoms with Crippen molar-refractivity contribution in [1.82, 2.24) is 4.72 Å². The van der Waals surface area contributed by atoms with Crippen LogP contribution in [-0.2, 0) is 4.79 Å². The molecular weight excluding hydrogens is 186 g/mol. The highest BCUT2D eigenvalue weighted by molar-refractivity contribution is 7.97. The van der Waals surface area contributed by atoms with Crippen molar-refractivity contribution in [3.8, 4) is 0 Å². The summed E-state index contributed by atoms with van der Waals surface area (Å²) in [5.74, 6) is -0.903. The molecule has 3 nitrogen and oxygen atoms in total. The predicted molar refractivity (Wildman–Crippen MR) is 51.0 cm³/mol. The van der Waals surface area contributed by atoms with Crippen molar-refractivity contribution in [2.24, 2.45) is 0 Å². The number of aliphatic carboxylic acids is 1. The van der Waals surface area contributed by atoms with Gasteiger partial charge in [-0.05, 0) is 18.0 Å². The van der Waals surface area contributed by atoms with Crippen molar-refractivity contribution in [3.05, 3.63) is 36.0 Å². The molecule has 1 aromatic rings. The zero-order valence-corrected chi connectivity index (χ0v) is 7.47. The van der Waals surface area contributed by atoms with Gasteiger partial charge in [-0.1, -0.05) is 18.2 Å². The van der Waals surface area contributed by atoms with Crippen LogP contribution in [-0.4, -0.2) is 11.1 Å². The minimum atomic E-state index is -0.903. The highest BCUT2D eigenvalue weighted by atomic mass is 32.2. The third-order valence-electron chi connectivity index (χ3n) is 1.78. The fraction of sp³-hybridized carbons (Fsp3) is 0. The van der Waals surface area contributed by atoms with Gasteiger partial charge in [-0.3, -0.25) is 0 Å². The van der Waals surface area contributed by atoms with Crippen LogP contribution >= 0.6 is 11.9 Å². The molecule has 0 saturated heterocycles. The minimum absolute atomic E-state index is 0.314. The van der Waals surface area contributed by atoms with E-state index in [-0.39, 0.29) is 0 Å². The Kier molecular flexibility index (Phi) is 1.98. The second-order valence-corrected chi connectivity index (χ2v) is 3.46. The third kappa shape index (κ3) is 1.40. The van der Waals surface area contributed by atoms with Gasteiger partial charge in [0.05, 0.1) is 5.57 Å². The van der Waals surface area contributed by atoms with E-state index in [0.29, 0.717) is 5.57 Å². The second kappa shape index (κ2) is 3.14. The molecule has 0 unspecified atom stereocenters. The maximum absolute atomic E-state index is 10.8. The number of hydrogen-bond acceptors (Lipinski definition) is 3. The Hall–Kier alpha value is -1.42. The normalized spacial score (nSPS) is 14.0. The zero-order chi connectivity index (χ0) is 9.26. The van der Waals surface area contributed by atoms with Crippen LogP contribution < -0.4 is 4.72 Å². The van der Waals surface area contributed by atoms with Crippen LogP contribution in [0.2, 0.25) is 0 Å². The largest absolute Gasteiger partial charge is 0.478 e. The molecule has 0 amide bonds. The van der Waals surface area contributed by atoms with Crippen molar-refractivity contribution in [2.75, 3.05) is 0 Å². The molecule has 0 aliphatic carbocycles. The molecule has 0 saturated carbocycles. The summed E-state index contributed by atoms with van der Waals surface area (Å²) in [5.41, 5.74) is 1.09. The van der Waals surface area contributed by atoms with Gasteiger partial charge in [-0.15, -0.1) is 0 Å². The van der Waals surface area contributed by atoms with Gasteiger partial charge in [0.1, 0.15) is 0 Å². The third-order valence-corrected chi connectivity index (χ3v) is 2.59. The van der Waals surface area contributed by atoms with E-state index < -0.39 is 5.97 Å². The van der Waals surface area contributed by atoms with E-state index in [1.54, 1.807) is 0 Å². The Labute approximate surface area is 79.6 Å². The minimum Gasteiger partial charge on any atom is -0.478 e. The molecule has 13 heavy (non-hydrogen) atoms. The molecule has 0 spiro atoms. The molecule has 1 aromatic carbocycles. The Morgan fingerprint density at radius 1 is 1.38 bits per heavy atom. The lowest BCUT2D eigenvalue weighted by Crippen LogP contribution is -2.09. The van der Waals surface area contributed by atoms with E-state index in [9.17, 15) is 4.79 Å². The van der Waals surface area contributed by atoms with Crippen molar-refractivity contribution < 1.29 is 9.90 Å². The average Bonchev–Trinajstić information content (AvgIpc) is 2.17. The smallest absolute Gasteiger partial charge is 0.337 e. The molecular formula is C9H7NO2S. The van der Waals surface area contributed by atoms with Crippen molar-refractivity contribution in [2.45, 2.75) is 4.90 Å². The Balaban J connectivity index is 2.53. The van der Waals surface area contributed by atoms with Crippen LogP contribution in [0.1, 0.15) is 5.56 Å². The van der Waals surface area contributed by atoms with E-state index in [1.807, 2.05) is 24.3 Å². The average molecular weight is 193 g/mol. The Morgan fingerprint density at radius 3 is 2.92 bits per heavy atom. The van der Waals surface area contributed by atoms with Gasteiger partial charge in [0, 0.05) is 16.7 Å². The van der Waals surface area contributed by atoms with Crippen molar-refractivity contribution >= 4 is 23.5 Å². The fourth-order valence-corrected chi connectivity index (χ4v) is 1.92. The molecule has 0 atom stereocenters. The van der Waals surface area contributed by atoms with Gasteiger partial charge in [-0.2, -0.15) is 0 Å². The summed E-state index contributed by atoms with van der Waals surface area (Å²) in [6, 6.07) is 7.42. The van der Waals surface area contributed by atoms with E-state index >= 15 is 0 Å². The van der Waals surface area contributed by atoms with E-state index in [4.69, 9.17) is 5.11 Å². The van der Waals surface area contributed by atoms with Gasteiger partial charge in [0.25, 0.3) is 0 Å². The standard InChI is InChI=1S/C9H7NO2S/c11-9(12)7-5-10-13-8-4-2-1-3-6(7)8/h1-5,10H,(H,11,12). The Morgan fingerprint density at radius 2 is 2.15 bits per heavy atom. The number of nitrogens with one attached hydrogen (secondary N) is 1. The monoisotopic (exact) mass is 193 g/mol. The van der Waals surface area contributed by atoms with E-state index in [1.165, 1.54) is 18.1 Å². The number of fused-ring (bicyclic) bond motifs is 1. The van der Waals surface area contributed by atoms with E-state index in [2.05, 4.69) is 4.72 Å². The first kappa shape index (κ1) is 8.19. The van der Waals surface area contributed by atoms with Crippen molar-refractivity contribution in [1.29, 1.82) is 0 Å². The van der Waals surface area contributed by atoms with Crippen LogP contribution in [0.5, 0.6) is 0 Å². The summed E-state index contributed by atoms with van der Waals surface area (Å²) < 4.78 is 2.85. The molecule has 4 heteroatoms. The first-order valence-corrected chi connectivity index (χ1v) is 4.56. The molecule has 2 rings (SSSR count). The lowest BCUT2D eigenvalue weighted by molar-refractivity contribution is -0.130. The summed E-state index contributed by atoms with van der Waals surface area (Å²) in [4.78, 5) is 11.7. The number of hydrogen-bond donors (Lipinski definition) is 2. The molecule has 2 N–H and O–H groups in total. The molecule has 0 fully saturated rings. The lowest BCUT2D eigenvalue weighted by Gasteiger charge is -2.14. The van der Waals surface area contributed by atoms with Crippen LogP contribution in [0.15, 0.2) is 35.4 Å². The van der Waals surface area contributed by atoms with Crippen LogP contribution in [0.3, 0.4) is 0 Å². The zero-order valence-electron chi connectivity index (χ0n) is 6.65.